The van der Waals surface area contributed by atoms with Gasteiger partial charge in [0, 0.05) is 32.7 Å². The third-order valence-corrected chi connectivity index (χ3v) is 3.09. The molecule has 0 aromatic heterocycles. The minimum atomic E-state index is -0.328. The predicted molar refractivity (Wildman–Crippen MR) is 98.8 cm³/mol. The Balaban J connectivity index is 0.00000441. The summed E-state index contributed by atoms with van der Waals surface area (Å²) in [7, 11) is 3.62. The molecular weight excluding hydrogens is 394 g/mol. The number of unbranched alkanes of at least 4 members (excludes halogenated alkanes) is 1. The lowest BCUT2D eigenvalue weighted by Crippen LogP contribution is -2.39. The molecule has 1 N–H and O–H groups in total. The summed E-state index contributed by atoms with van der Waals surface area (Å²) in [5.74, 6) is 0.368. The number of hydrogen-bond acceptors (Lipinski definition) is 2. The van der Waals surface area contributed by atoms with E-state index >= 15 is 0 Å². The van der Waals surface area contributed by atoms with Crippen LogP contribution in [-0.4, -0.2) is 31.5 Å². The number of hydrogen-bond donors (Lipinski definition) is 1. The van der Waals surface area contributed by atoms with Gasteiger partial charge < -0.3 is 10.2 Å². The summed E-state index contributed by atoms with van der Waals surface area (Å²) in [6, 6.07) is 6.34. The van der Waals surface area contributed by atoms with Crippen molar-refractivity contribution in [1.29, 1.82) is 5.26 Å². The predicted octanol–water partition coefficient (Wildman–Crippen LogP) is 3.29. The number of nitriles is 1. The van der Waals surface area contributed by atoms with E-state index in [9.17, 15) is 4.39 Å². The molecule has 0 bridgehead atoms. The van der Waals surface area contributed by atoms with Gasteiger partial charge in [-0.1, -0.05) is 6.08 Å². The Morgan fingerprint density at radius 3 is 2.86 bits per heavy atom. The molecular formula is C16H22FIN4. The third kappa shape index (κ3) is 6.43. The number of nitrogens with one attached hydrogen (secondary N) is 1. The highest BCUT2D eigenvalue weighted by Crippen LogP contribution is 2.10. The quantitative estimate of drug-likeness (QED) is 0.255. The molecule has 120 valence electrons. The minimum Gasteiger partial charge on any atom is -0.352 e. The van der Waals surface area contributed by atoms with Gasteiger partial charge in [-0.25, -0.2) is 4.39 Å². The van der Waals surface area contributed by atoms with E-state index in [2.05, 4.69) is 16.9 Å². The highest BCUT2D eigenvalue weighted by molar-refractivity contribution is 14.0. The van der Waals surface area contributed by atoms with E-state index in [1.54, 1.807) is 13.1 Å². The number of allylic oxidation sites excluding steroid dienone is 1. The van der Waals surface area contributed by atoms with Gasteiger partial charge in [-0.05, 0) is 31.0 Å². The van der Waals surface area contributed by atoms with Crippen LogP contribution in [0.25, 0.3) is 0 Å². The molecule has 22 heavy (non-hydrogen) atoms. The molecule has 0 aliphatic rings. The maximum atomic E-state index is 13.7. The summed E-state index contributed by atoms with van der Waals surface area (Å²) in [4.78, 5) is 6.15. The van der Waals surface area contributed by atoms with Crippen molar-refractivity contribution in [1.82, 2.24) is 10.2 Å². The average molecular weight is 416 g/mol. The maximum absolute atomic E-state index is 13.7. The molecule has 0 amide bonds. The van der Waals surface area contributed by atoms with E-state index in [1.807, 2.05) is 24.1 Å². The lowest BCUT2D eigenvalue weighted by Gasteiger charge is -2.22. The van der Waals surface area contributed by atoms with Gasteiger partial charge in [-0.15, -0.1) is 30.6 Å². The Bertz CT molecular complexity index is 552. The summed E-state index contributed by atoms with van der Waals surface area (Å²) in [5.41, 5.74) is 0.900. The van der Waals surface area contributed by atoms with E-state index in [0.29, 0.717) is 23.6 Å². The molecule has 0 spiro atoms. The van der Waals surface area contributed by atoms with Crippen LogP contribution in [0.3, 0.4) is 0 Å². The fourth-order valence-electron chi connectivity index (χ4n) is 1.92. The second-order valence-electron chi connectivity index (χ2n) is 4.67. The molecule has 1 aromatic rings. The molecule has 4 nitrogen and oxygen atoms in total. The van der Waals surface area contributed by atoms with Crippen molar-refractivity contribution < 1.29 is 4.39 Å². The number of benzene rings is 1. The largest absolute Gasteiger partial charge is 0.352 e. The first-order chi connectivity index (χ1) is 10.1. The van der Waals surface area contributed by atoms with Crippen LogP contribution in [-0.2, 0) is 6.54 Å². The number of guanidine groups is 1. The maximum Gasteiger partial charge on any atom is 0.193 e. The summed E-state index contributed by atoms with van der Waals surface area (Å²) >= 11 is 0. The highest BCUT2D eigenvalue weighted by Gasteiger charge is 2.08. The number of halogens is 2. The lowest BCUT2D eigenvalue weighted by atomic mass is 10.1. The Labute approximate surface area is 148 Å². The van der Waals surface area contributed by atoms with Gasteiger partial charge >= 0.3 is 0 Å². The van der Waals surface area contributed by atoms with Crippen LogP contribution in [0, 0.1) is 17.1 Å². The first-order valence-corrected chi connectivity index (χ1v) is 6.83. The van der Waals surface area contributed by atoms with Crippen molar-refractivity contribution >= 4 is 29.9 Å². The van der Waals surface area contributed by atoms with E-state index in [4.69, 9.17) is 5.26 Å². The zero-order chi connectivity index (χ0) is 15.7. The zero-order valence-corrected chi connectivity index (χ0v) is 15.3. The highest BCUT2D eigenvalue weighted by atomic mass is 127. The van der Waals surface area contributed by atoms with Crippen molar-refractivity contribution in [2.45, 2.75) is 19.4 Å². The van der Waals surface area contributed by atoms with Gasteiger partial charge in [0.2, 0.25) is 0 Å². The second-order valence-corrected chi connectivity index (χ2v) is 4.67. The zero-order valence-electron chi connectivity index (χ0n) is 13.0. The van der Waals surface area contributed by atoms with Crippen LogP contribution in [0.4, 0.5) is 4.39 Å². The SMILES string of the molecule is C=CCCCN(C)C(=NC)NCc1cc(C#N)ccc1F.I. The summed E-state index contributed by atoms with van der Waals surface area (Å²) < 4.78 is 13.7. The van der Waals surface area contributed by atoms with Crippen LogP contribution < -0.4 is 5.32 Å². The molecule has 0 radical (unpaired) electrons. The van der Waals surface area contributed by atoms with Gasteiger partial charge in [0.05, 0.1) is 11.6 Å². The molecule has 1 aromatic carbocycles. The summed E-state index contributed by atoms with van der Waals surface area (Å²) in [5, 5.41) is 12.0. The third-order valence-electron chi connectivity index (χ3n) is 3.09. The van der Waals surface area contributed by atoms with Crippen molar-refractivity contribution in [3.8, 4) is 6.07 Å². The number of nitrogens with zero attached hydrogens (tertiary/aromatic N) is 3. The van der Waals surface area contributed by atoms with Crippen molar-refractivity contribution in [2.75, 3.05) is 20.6 Å². The van der Waals surface area contributed by atoms with Gasteiger partial charge in [0.25, 0.3) is 0 Å². The molecule has 0 heterocycles. The number of aliphatic imine (C=N–C) groups is 1. The molecule has 0 fully saturated rings. The van der Waals surface area contributed by atoms with Crippen molar-refractivity contribution in [3.05, 3.63) is 47.8 Å². The summed E-state index contributed by atoms with van der Waals surface area (Å²) in [6.45, 7) is 4.82. The molecule has 0 unspecified atom stereocenters. The Hall–Kier alpha value is -1.62. The fourth-order valence-corrected chi connectivity index (χ4v) is 1.92. The van der Waals surface area contributed by atoms with E-state index in [1.165, 1.54) is 12.1 Å². The van der Waals surface area contributed by atoms with E-state index < -0.39 is 0 Å². The van der Waals surface area contributed by atoms with Crippen LogP contribution in [0.1, 0.15) is 24.0 Å². The fraction of sp³-hybridized carbons (Fsp3) is 0.375. The van der Waals surface area contributed by atoms with Crippen molar-refractivity contribution in [3.63, 3.8) is 0 Å². The average Bonchev–Trinajstić information content (AvgIpc) is 2.49. The van der Waals surface area contributed by atoms with Crippen molar-refractivity contribution in [2.24, 2.45) is 4.99 Å². The Kier molecular flexibility index (Phi) is 10.2. The van der Waals surface area contributed by atoms with E-state index in [0.717, 1.165) is 19.4 Å². The summed E-state index contributed by atoms with van der Waals surface area (Å²) in [6.07, 6.45) is 3.81. The molecule has 0 saturated heterocycles. The van der Waals surface area contributed by atoms with Gasteiger partial charge in [0.15, 0.2) is 5.96 Å². The van der Waals surface area contributed by atoms with Crippen LogP contribution in [0.5, 0.6) is 0 Å². The second kappa shape index (κ2) is 11.0. The molecule has 0 aliphatic heterocycles. The molecule has 0 saturated carbocycles. The molecule has 1 rings (SSSR count). The van der Waals surface area contributed by atoms with Crippen LogP contribution in [0.15, 0.2) is 35.8 Å². The topological polar surface area (TPSA) is 51.4 Å². The smallest absolute Gasteiger partial charge is 0.193 e. The van der Waals surface area contributed by atoms with Crippen LogP contribution >= 0.6 is 24.0 Å². The van der Waals surface area contributed by atoms with Gasteiger partial charge in [-0.2, -0.15) is 5.26 Å². The van der Waals surface area contributed by atoms with E-state index in [-0.39, 0.29) is 29.8 Å². The molecule has 0 atom stereocenters. The first kappa shape index (κ1) is 20.4. The standard InChI is InChI=1S/C16H21FN4.HI/c1-4-5-6-9-21(3)16(19-2)20-12-14-10-13(11-18)7-8-15(14)17;/h4,7-8,10H,1,5-6,9,12H2,2-3H3,(H,19,20);1H. The normalized spacial score (nSPS) is 10.4. The number of rotatable bonds is 6. The first-order valence-electron chi connectivity index (χ1n) is 6.83. The molecule has 6 heteroatoms. The Morgan fingerprint density at radius 1 is 1.55 bits per heavy atom. The van der Waals surface area contributed by atoms with Gasteiger partial charge in [0.1, 0.15) is 5.82 Å². The Morgan fingerprint density at radius 2 is 2.27 bits per heavy atom. The lowest BCUT2D eigenvalue weighted by molar-refractivity contribution is 0.468. The van der Waals surface area contributed by atoms with Crippen LogP contribution in [0.2, 0.25) is 0 Å². The van der Waals surface area contributed by atoms with Gasteiger partial charge in [-0.3, -0.25) is 4.99 Å². The minimum absolute atomic E-state index is 0. The monoisotopic (exact) mass is 416 g/mol. The molecule has 0 aliphatic carbocycles.